The van der Waals surface area contributed by atoms with Crippen LogP contribution in [0.15, 0.2) is 23.4 Å². The Kier molecular flexibility index (Phi) is 5.41. The smallest absolute Gasteiger partial charge is 0.286 e. The van der Waals surface area contributed by atoms with Gasteiger partial charge < -0.3 is 4.90 Å². The second kappa shape index (κ2) is 6.38. The van der Waals surface area contributed by atoms with Gasteiger partial charge in [0.15, 0.2) is 0 Å². The van der Waals surface area contributed by atoms with Crippen LogP contribution in [0.5, 0.6) is 0 Å². The Balaban J connectivity index is 2.95. The van der Waals surface area contributed by atoms with Gasteiger partial charge in [-0.25, -0.2) is 0 Å². The van der Waals surface area contributed by atoms with Crippen LogP contribution in [-0.4, -0.2) is 36.3 Å². The summed E-state index contributed by atoms with van der Waals surface area (Å²) >= 11 is 1.31. The molecule has 0 aromatic carbocycles. The predicted octanol–water partition coefficient (Wildman–Crippen LogP) is 3.18. The van der Waals surface area contributed by atoms with Crippen LogP contribution >= 0.6 is 11.8 Å². The highest BCUT2D eigenvalue weighted by Gasteiger charge is 2.22. The van der Waals surface area contributed by atoms with Gasteiger partial charge in [-0.3, -0.25) is 9.78 Å². The Labute approximate surface area is 115 Å². The molecule has 1 rings (SSSR count). The van der Waals surface area contributed by atoms with E-state index in [2.05, 4.69) is 30.7 Å². The number of carbonyl (C=O) groups is 1. The fourth-order valence-corrected chi connectivity index (χ4v) is 5.04. The van der Waals surface area contributed by atoms with Crippen molar-refractivity contribution in [2.45, 2.75) is 38.4 Å². The number of rotatable bonds is 4. The normalized spacial score (nSPS) is 11.4. The molecular weight excluding hydrogens is 260 g/mol. The van der Waals surface area contributed by atoms with Crippen LogP contribution in [-0.2, 0) is 0 Å². The summed E-state index contributed by atoms with van der Waals surface area (Å²) in [5, 5.41) is 1.43. The van der Waals surface area contributed by atoms with E-state index in [9.17, 15) is 4.79 Å². The van der Waals surface area contributed by atoms with Crippen molar-refractivity contribution in [3.63, 3.8) is 0 Å². The average Bonchev–Trinajstić information content (AvgIpc) is 2.30. The third-order valence-electron chi connectivity index (χ3n) is 2.81. The molecule has 1 amide bonds. The molecule has 0 saturated carbocycles. The lowest BCUT2D eigenvalue weighted by Gasteiger charge is -2.22. The van der Waals surface area contributed by atoms with E-state index in [1.807, 2.05) is 31.1 Å². The minimum absolute atomic E-state index is 0.118. The number of carbonyl (C=O) groups excluding carboxylic acids is 1. The maximum absolute atomic E-state index is 12.1. The summed E-state index contributed by atoms with van der Waals surface area (Å²) in [6.07, 6.45) is 3.64. The second-order valence-corrected chi connectivity index (χ2v) is 11.2. The van der Waals surface area contributed by atoms with Crippen molar-refractivity contribution in [1.29, 1.82) is 0 Å². The molecule has 0 saturated heterocycles. The lowest BCUT2D eigenvalue weighted by molar-refractivity contribution is 0.228. The number of nitrogens with zero attached hydrogens (tertiary/aromatic N) is 2. The Bertz CT molecular complexity index is 414. The molecule has 0 bridgehead atoms. The van der Waals surface area contributed by atoms with Crippen LogP contribution in [0.1, 0.15) is 13.8 Å². The van der Waals surface area contributed by atoms with Gasteiger partial charge in [0, 0.05) is 30.4 Å². The van der Waals surface area contributed by atoms with Crippen molar-refractivity contribution < 1.29 is 4.79 Å². The molecule has 100 valence electrons. The fraction of sp³-hybridized carbons (Fsp3) is 0.538. The molecule has 0 atom stereocenters. The minimum Gasteiger partial charge on any atom is -0.334 e. The number of thioether (sulfide) groups is 1. The molecule has 0 spiro atoms. The SMILES string of the molecule is CCN(CC)C(=O)Sc1cnccc1[Si](C)(C)C. The van der Waals surface area contributed by atoms with E-state index < -0.39 is 8.07 Å². The van der Waals surface area contributed by atoms with Crippen LogP contribution in [0, 0.1) is 0 Å². The number of amides is 1. The van der Waals surface area contributed by atoms with Crippen LogP contribution in [0.3, 0.4) is 0 Å². The number of hydrogen-bond acceptors (Lipinski definition) is 3. The Morgan fingerprint density at radius 1 is 1.33 bits per heavy atom. The Morgan fingerprint density at radius 3 is 2.44 bits per heavy atom. The lowest BCUT2D eigenvalue weighted by atomic mass is 10.5. The summed E-state index contributed by atoms with van der Waals surface area (Å²) in [6.45, 7) is 12.4. The zero-order valence-electron chi connectivity index (χ0n) is 11.9. The van der Waals surface area contributed by atoms with Gasteiger partial charge in [-0.2, -0.15) is 0 Å². The minimum atomic E-state index is -1.43. The van der Waals surface area contributed by atoms with Crippen molar-refractivity contribution in [1.82, 2.24) is 9.88 Å². The number of pyridine rings is 1. The van der Waals surface area contributed by atoms with E-state index >= 15 is 0 Å². The van der Waals surface area contributed by atoms with Crippen molar-refractivity contribution in [3.8, 4) is 0 Å². The summed E-state index contributed by atoms with van der Waals surface area (Å²) in [6, 6.07) is 2.06. The first kappa shape index (κ1) is 15.2. The zero-order valence-corrected chi connectivity index (χ0v) is 13.7. The summed E-state index contributed by atoms with van der Waals surface area (Å²) in [5.41, 5.74) is 0. The maximum Gasteiger partial charge on any atom is 0.286 e. The molecule has 0 aliphatic carbocycles. The topological polar surface area (TPSA) is 33.2 Å². The van der Waals surface area contributed by atoms with E-state index in [-0.39, 0.29) is 5.24 Å². The van der Waals surface area contributed by atoms with Gasteiger partial charge in [0.2, 0.25) is 0 Å². The largest absolute Gasteiger partial charge is 0.334 e. The first-order valence-corrected chi connectivity index (χ1v) is 10.6. The first-order valence-electron chi connectivity index (χ1n) is 6.31. The fourth-order valence-electron chi connectivity index (χ4n) is 1.72. The first-order chi connectivity index (χ1) is 8.40. The van der Waals surface area contributed by atoms with Crippen LogP contribution in [0.4, 0.5) is 4.79 Å². The van der Waals surface area contributed by atoms with E-state index in [0.717, 1.165) is 18.0 Å². The Morgan fingerprint density at radius 2 is 1.94 bits per heavy atom. The van der Waals surface area contributed by atoms with Gasteiger partial charge in [-0.1, -0.05) is 19.6 Å². The van der Waals surface area contributed by atoms with Gasteiger partial charge in [0.05, 0.1) is 8.07 Å². The van der Waals surface area contributed by atoms with Gasteiger partial charge >= 0.3 is 0 Å². The average molecular weight is 282 g/mol. The molecule has 0 aliphatic heterocycles. The lowest BCUT2D eigenvalue weighted by Crippen LogP contribution is -2.39. The molecule has 5 heteroatoms. The molecular formula is C13H22N2OSSi. The van der Waals surface area contributed by atoms with E-state index in [0.29, 0.717) is 0 Å². The molecule has 18 heavy (non-hydrogen) atoms. The van der Waals surface area contributed by atoms with Crippen molar-refractivity contribution >= 4 is 30.3 Å². The monoisotopic (exact) mass is 282 g/mol. The van der Waals surface area contributed by atoms with Crippen LogP contribution < -0.4 is 5.19 Å². The molecule has 0 fully saturated rings. The predicted molar refractivity (Wildman–Crippen MR) is 81.4 cm³/mol. The molecule has 1 aromatic heterocycles. The van der Waals surface area contributed by atoms with E-state index in [1.165, 1.54) is 16.9 Å². The molecule has 3 nitrogen and oxygen atoms in total. The van der Waals surface area contributed by atoms with E-state index in [1.54, 1.807) is 0 Å². The third-order valence-corrected chi connectivity index (χ3v) is 6.02. The molecule has 0 unspecified atom stereocenters. The van der Waals surface area contributed by atoms with Crippen LogP contribution in [0.2, 0.25) is 19.6 Å². The standard InChI is InChI=1S/C13H22N2OSSi/c1-6-15(7-2)13(16)17-11-10-14-9-8-12(11)18(3,4)5/h8-10H,6-7H2,1-5H3. The molecule has 1 aromatic rings. The van der Waals surface area contributed by atoms with Crippen molar-refractivity contribution in [2.75, 3.05) is 13.1 Å². The summed E-state index contributed by atoms with van der Waals surface area (Å²) < 4.78 is 0. The Hall–Kier alpha value is -0.813. The van der Waals surface area contributed by atoms with Crippen molar-refractivity contribution in [3.05, 3.63) is 18.5 Å². The summed E-state index contributed by atoms with van der Waals surface area (Å²) in [5.74, 6) is 0. The molecule has 0 aliphatic rings. The van der Waals surface area contributed by atoms with Gasteiger partial charge in [0.1, 0.15) is 0 Å². The number of aromatic nitrogens is 1. The zero-order chi connectivity index (χ0) is 13.8. The van der Waals surface area contributed by atoms with Crippen LogP contribution in [0.25, 0.3) is 0 Å². The maximum atomic E-state index is 12.1. The van der Waals surface area contributed by atoms with Gasteiger partial charge in [0.25, 0.3) is 5.24 Å². The molecule has 0 N–H and O–H groups in total. The van der Waals surface area contributed by atoms with Crippen molar-refractivity contribution in [2.24, 2.45) is 0 Å². The van der Waals surface area contributed by atoms with Gasteiger partial charge in [-0.15, -0.1) is 0 Å². The molecule has 1 heterocycles. The van der Waals surface area contributed by atoms with Gasteiger partial charge in [-0.05, 0) is 36.9 Å². The highest BCUT2D eigenvalue weighted by molar-refractivity contribution is 8.13. The third kappa shape index (κ3) is 3.85. The second-order valence-electron chi connectivity index (χ2n) is 5.16. The number of hydrogen-bond donors (Lipinski definition) is 0. The molecule has 0 radical (unpaired) electrons. The summed E-state index contributed by atoms with van der Waals surface area (Å²) in [7, 11) is -1.43. The quantitative estimate of drug-likeness (QED) is 0.628. The highest BCUT2D eigenvalue weighted by atomic mass is 32.2. The van der Waals surface area contributed by atoms with E-state index in [4.69, 9.17) is 0 Å². The highest BCUT2D eigenvalue weighted by Crippen LogP contribution is 2.21. The summed E-state index contributed by atoms with van der Waals surface area (Å²) in [4.78, 5) is 19.1.